The third-order valence-corrected chi connectivity index (χ3v) is 4.32. The van der Waals surface area contributed by atoms with Crippen molar-refractivity contribution in [2.24, 2.45) is 0 Å². The fraction of sp³-hybridized carbons (Fsp3) is 0.526. The molecule has 6 heteroatoms. The van der Waals surface area contributed by atoms with Gasteiger partial charge in [-0.15, -0.1) is 0 Å². The zero-order chi connectivity index (χ0) is 18.2. The Balaban J connectivity index is 1.93. The van der Waals surface area contributed by atoms with Crippen molar-refractivity contribution >= 4 is 11.7 Å². The summed E-state index contributed by atoms with van der Waals surface area (Å²) >= 11 is 0. The van der Waals surface area contributed by atoms with Gasteiger partial charge in [-0.2, -0.15) is 0 Å². The lowest BCUT2D eigenvalue weighted by Gasteiger charge is -2.44. The number of rotatable bonds is 2. The van der Waals surface area contributed by atoms with Crippen LogP contribution in [0.1, 0.15) is 32.8 Å². The average Bonchev–Trinajstić information content (AvgIpc) is 2.51. The number of morpholine rings is 1. The molecule has 5 nitrogen and oxygen atoms in total. The molecule has 1 amide bonds. The molecule has 0 aromatic heterocycles. The maximum atomic E-state index is 14.4. The van der Waals surface area contributed by atoms with Crippen molar-refractivity contribution in [2.75, 3.05) is 20.3 Å². The van der Waals surface area contributed by atoms with Crippen LogP contribution in [0.5, 0.6) is 5.75 Å². The fourth-order valence-electron chi connectivity index (χ4n) is 3.37. The number of methoxy groups -OCH3 is 1. The number of hydrogen-bond acceptors (Lipinski definition) is 4. The van der Waals surface area contributed by atoms with Gasteiger partial charge in [-0.3, -0.25) is 4.90 Å². The zero-order valence-electron chi connectivity index (χ0n) is 15.0. The molecule has 3 rings (SSSR count). The van der Waals surface area contributed by atoms with Crippen molar-refractivity contribution in [1.29, 1.82) is 0 Å². The van der Waals surface area contributed by atoms with Crippen LogP contribution in [0, 0.1) is 5.82 Å². The Hall–Kier alpha value is -2.08. The quantitative estimate of drug-likeness (QED) is 0.818. The summed E-state index contributed by atoms with van der Waals surface area (Å²) in [6.07, 6.45) is 2.02. The predicted molar refractivity (Wildman–Crippen MR) is 92.0 cm³/mol. The second-order valence-corrected chi connectivity index (χ2v) is 7.36. The third-order valence-electron chi connectivity index (χ3n) is 4.32. The highest BCUT2D eigenvalue weighted by Crippen LogP contribution is 2.38. The van der Waals surface area contributed by atoms with E-state index < -0.39 is 5.60 Å². The summed E-state index contributed by atoms with van der Waals surface area (Å²) in [5, 5.41) is 0. The van der Waals surface area contributed by atoms with Gasteiger partial charge in [0.1, 0.15) is 17.2 Å². The van der Waals surface area contributed by atoms with E-state index in [9.17, 15) is 9.18 Å². The molecule has 25 heavy (non-hydrogen) atoms. The van der Waals surface area contributed by atoms with E-state index in [-0.39, 0.29) is 24.0 Å². The van der Waals surface area contributed by atoms with E-state index in [1.54, 1.807) is 17.0 Å². The average molecular weight is 349 g/mol. The van der Waals surface area contributed by atoms with Crippen LogP contribution < -0.4 is 4.74 Å². The highest BCUT2D eigenvalue weighted by Gasteiger charge is 2.40. The highest BCUT2D eigenvalue weighted by molar-refractivity contribution is 5.77. The van der Waals surface area contributed by atoms with Crippen LogP contribution in [0.15, 0.2) is 24.3 Å². The number of nitrogens with zero attached hydrogens (tertiary/aromatic N) is 1. The molecule has 1 aromatic carbocycles. The Morgan fingerprint density at radius 3 is 2.72 bits per heavy atom. The van der Waals surface area contributed by atoms with Gasteiger partial charge < -0.3 is 14.2 Å². The number of hydrogen-bond donors (Lipinski definition) is 0. The van der Waals surface area contributed by atoms with Crippen molar-refractivity contribution < 1.29 is 23.4 Å². The highest BCUT2D eigenvalue weighted by atomic mass is 19.1. The van der Waals surface area contributed by atoms with Gasteiger partial charge in [-0.05, 0) is 44.9 Å². The predicted octanol–water partition coefficient (Wildman–Crippen LogP) is 3.63. The lowest BCUT2D eigenvalue weighted by Crippen LogP contribution is -2.57. The molecule has 2 bridgehead atoms. The summed E-state index contributed by atoms with van der Waals surface area (Å²) in [5.41, 5.74) is 0.740. The molecule has 0 aliphatic carbocycles. The minimum atomic E-state index is -0.564. The van der Waals surface area contributed by atoms with E-state index in [1.165, 1.54) is 13.2 Å². The van der Waals surface area contributed by atoms with Gasteiger partial charge in [-0.25, -0.2) is 9.18 Å². The van der Waals surface area contributed by atoms with Crippen LogP contribution in [-0.4, -0.2) is 49.0 Å². The second kappa shape index (κ2) is 6.67. The molecule has 2 unspecified atom stereocenters. The molecule has 2 atom stereocenters. The molecule has 0 saturated carbocycles. The number of carbonyl (C=O) groups is 1. The first-order valence-electron chi connectivity index (χ1n) is 8.43. The molecule has 1 fully saturated rings. The number of carbonyl (C=O) groups excluding carboxylic acids is 1. The first-order valence-corrected chi connectivity index (χ1v) is 8.43. The van der Waals surface area contributed by atoms with Gasteiger partial charge in [0.15, 0.2) is 0 Å². The lowest BCUT2D eigenvalue weighted by molar-refractivity contribution is -0.0511. The van der Waals surface area contributed by atoms with Crippen molar-refractivity contribution in [2.45, 2.75) is 44.9 Å². The molecule has 0 spiro atoms. The Morgan fingerprint density at radius 2 is 2.08 bits per heavy atom. The van der Waals surface area contributed by atoms with Crippen molar-refractivity contribution in [3.63, 3.8) is 0 Å². The molecule has 2 heterocycles. The molecule has 0 radical (unpaired) electrons. The summed E-state index contributed by atoms with van der Waals surface area (Å²) < 4.78 is 30.9. The minimum Gasteiger partial charge on any atom is -0.496 e. The van der Waals surface area contributed by atoms with Gasteiger partial charge in [-0.1, -0.05) is 12.1 Å². The summed E-state index contributed by atoms with van der Waals surface area (Å²) in [6, 6.07) is 4.33. The smallest absolute Gasteiger partial charge is 0.411 e. The zero-order valence-corrected chi connectivity index (χ0v) is 15.0. The van der Waals surface area contributed by atoms with Gasteiger partial charge in [0.05, 0.1) is 38.0 Å². The molecule has 136 valence electrons. The molecule has 2 aliphatic rings. The Labute approximate surface area is 147 Å². The molecule has 2 aliphatic heterocycles. The number of ether oxygens (including phenoxy) is 3. The Bertz CT molecular complexity index is 695. The van der Waals surface area contributed by atoms with Gasteiger partial charge >= 0.3 is 6.09 Å². The molecular formula is C19H24FNO4. The van der Waals surface area contributed by atoms with Gasteiger partial charge in [0.25, 0.3) is 0 Å². The number of amides is 1. The summed E-state index contributed by atoms with van der Waals surface area (Å²) in [4.78, 5) is 14.3. The summed E-state index contributed by atoms with van der Waals surface area (Å²) in [5.74, 6) is 0.172. The first kappa shape index (κ1) is 17.7. The molecule has 1 saturated heterocycles. The largest absolute Gasteiger partial charge is 0.496 e. The van der Waals surface area contributed by atoms with E-state index in [0.29, 0.717) is 30.9 Å². The topological polar surface area (TPSA) is 48.0 Å². The Morgan fingerprint density at radius 1 is 1.32 bits per heavy atom. The van der Waals surface area contributed by atoms with Crippen LogP contribution in [0.4, 0.5) is 9.18 Å². The van der Waals surface area contributed by atoms with E-state index >= 15 is 0 Å². The van der Waals surface area contributed by atoms with Crippen LogP contribution >= 0.6 is 0 Å². The van der Waals surface area contributed by atoms with E-state index in [0.717, 1.165) is 5.57 Å². The maximum absolute atomic E-state index is 14.4. The van der Waals surface area contributed by atoms with E-state index in [4.69, 9.17) is 14.2 Å². The van der Waals surface area contributed by atoms with Gasteiger partial charge in [0.2, 0.25) is 0 Å². The number of fused-ring (bicyclic) bond motifs is 2. The van der Waals surface area contributed by atoms with Gasteiger partial charge in [0, 0.05) is 0 Å². The van der Waals surface area contributed by atoms with Crippen LogP contribution in [0.25, 0.3) is 5.57 Å². The number of halogens is 1. The molecule has 1 aromatic rings. The fourth-order valence-corrected chi connectivity index (χ4v) is 3.37. The summed E-state index contributed by atoms with van der Waals surface area (Å²) in [7, 11) is 1.53. The van der Waals surface area contributed by atoms with E-state index in [1.807, 2.05) is 26.8 Å². The van der Waals surface area contributed by atoms with E-state index in [2.05, 4.69) is 0 Å². The molecule has 0 N–H and O–H groups in total. The SMILES string of the molecule is COc1cccc(F)c1C1=CC2COCC(C1)N2C(=O)OC(C)(C)C. The maximum Gasteiger partial charge on any atom is 0.411 e. The Kier molecular flexibility index (Phi) is 4.73. The van der Waals surface area contributed by atoms with Crippen molar-refractivity contribution in [3.8, 4) is 5.75 Å². The third kappa shape index (κ3) is 3.63. The monoisotopic (exact) mass is 349 g/mol. The lowest BCUT2D eigenvalue weighted by atomic mass is 9.89. The summed E-state index contributed by atoms with van der Waals surface area (Å²) in [6.45, 7) is 6.30. The molecular weight excluding hydrogens is 325 g/mol. The van der Waals surface area contributed by atoms with Crippen LogP contribution in [0.2, 0.25) is 0 Å². The minimum absolute atomic E-state index is 0.182. The normalized spacial score (nSPS) is 23.1. The van der Waals surface area contributed by atoms with Crippen LogP contribution in [-0.2, 0) is 9.47 Å². The van der Waals surface area contributed by atoms with Crippen molar-refractivity contribution in [1.82, 2.24) is 4.90 Å². The first-order chi connectivity index (χ1) is 11.8. The number of benzene rings is 1. The standard InChI is InChI=1S/C19H24FNO4/c1-19(2,3)25-18(22)21-13-8-12(9-14(21)11-24-10-13)17-15(20)6-5-7-16(17)23-4/h5-8,13-14H,9-11H2,1-4H3. The van der Waals surface area contributed by atoms with Crippen LogP contribution in [0.3, 0.4) is 0 Å². The van der Waals surface area contributed by atoms with Crippen molar-refractivity contribution in [3.05, 3.63) is 35.7 Å². The second-order valence-electron chi connectivity index (χ2n) is 7.36.